The van der Waals surface area contributed by atoms with Gasteiger partial charge >= 0.3 is 0 Å². The molecule has 30 heavy (non-hydrogen) atoms. The van der Waals surface area contributed by atoms with E-state index in [9.17, 15) is 13.6 Å². The number of thiophene rings is 1. The van der Waals surface area contributed by atoms with Crippen molar-refractivity contribution < 1.29 is 18.3 Å². The van der Waals surface area contributed by atoms with Gasteiger partial charge in [-0.3, -0.25) is 9.69 Å². The number of carbonyl (C=O) groups is 1. The fourth-order valence-corrected chi connectivity index (χ4v) is 4.37. The van der Waals surface area contributed by atoms with Crippen LogP contribution in [0.25, 0.3) is 0 Å². The SMILES string of the molecule is O=C(CN1CCOC(c2ccc(F)cc2)C1)NC(c1ccc(F)cc1)c1cccs1. The van der Waals surface area contributed by atoms with E-state index in [1.54, 1.807) is 35.6 Å². The molecule has 1 amide bonds. The Hall–Kier alpha value is -2.61. The minimum absolute atomic E-state index is 0.113. The first-order chi connectivity index (χ1) is 14.6. The zero-order valence-corrected chi connectivity index (χ0v) is 17.1. The Morgan fingerprint density at radius 3 is 2.47 bits per heavy atom. The van der Waals surface area contributed by atoms with E-state index in [4.69, 9.17) is 4.74 Å². The first-order valence-corrected chi connectivity index (χ1v) is 10.6. The Bertz CT molecular complexity index is 962. The standard InChI is InChI=1S/C23H22F2N2O2S/c24-18-7-3-16(4-8-18)20-14-27(11-12-29-20)15-22(28)26-23(21-2-1-13-30-21)17-5-9-19(25)10-6-17/h1-10,13,20,23H,11-12,14-15H2,(H,26,28). The van der Waals surface area contributed by atoms with Crippen LogP contribution in [0.15, 0.2) is 66.0 Å². The van der Waals surface area contributed by atoms with Gasteiger partial charge in [-0.15, -0.1) is 11.3 Å². The van der Waals surface area contributed by atoms with E-state index in [0.29, 0.717) is 19.7 Å². The van der Waals surface area contributed by atoms with Crippen LogP contribution in [0.3, 0.4) is 0 Å². The molecule has 1 N–H and O–H groups in total. The molecule has 4 rings (SSSR count). The molecule has 4 nitrogen and oxygen atoms in total. The quantitative estimate of drug-likeness (QED) is 0.636. The number of rotatable bonds is 6. The summed E-state index contributed by atoms with van der Waals surface area (Å²) in [5.41, 5.74) is 1.72. The van der Waals surface area contributed by atoms with Crippen molar-refractivity contribution in [2.75, 3.05) is 26.2 Å². The van der Waals surface area contributed by atoms with E-state index in [0.717, 1.165) is 16.0 Å². The van der Waals surface area contributed by atoms with Crippen LogP contribution < -0.4 is 5.32 Å². The van der Waals surface area contributed by atoms with Crippen LogP contribution in [-0.4, -0.2) is 37.0 Å². The number of ether oxygens (including phenoxy) is 1. The van der Waals surface area contributed by atoms with Crippen molar-refractivity contribution in [3.8, 4) is 0 Å². The molecule has 0 saturated carbocycles. The Morgan fingerprint density at radius 1 is 1.10 bits per heavy atom. The van der Waals surface area contributed by atoms with E-state index in [1.807, 2.05) is 22.4 Å². The van der Waals surface area contributed by atoms with E-state index >= 15 is 0 Å². The van der Waals surface area contributed by atoms with Gasteiger partial charge in [0.25, 0.3) is 0 Å². The molecular formula is C23H22F2N2O2S. The molecule has 1 aliphatic heterocycles. The summed E-state index contributed by atoms with van der Waals surface area (Å²) in [6, 6.07) is 16.0. The highest BCUT2D eigenvalue weighted by Crippen LogP contribution is 2.27. The Morgan fingerprint density at radius 2 is 1.80 bits per heavy atom. The number of carbonyl (C=O) groups excluding carboxylic acids is 1. The first-order valence-electron chi connectivity index (χ1n) is 9.76. The van der Waals surface area contributed by atoms with Crippen molar-refractivity contribution in [2.24, 2.45) is 0 Å². The average Bonchev–Trinajstić information content (AvgIpc) is 3.28. The lowest BCUT2D eigenvalue weighted by Gasteiger charge is -2.33. The molecule has 1 saturated heterocycles. The smallest absolute Gasteiger partial charge is 0.234 e. The van der Waals surface area contributed by atoms with E-state index in [1.165, 1.54) is 24.3 Å². The topological polar surface area (TPSA) is 41.6 Å². The lowest BCUT2D eigenvalue weighted by Crippen LogP contribution is -2.45. The van der Waals surface area contributed by atoms with Crippen LogP contribution in [0.2, 0.25) is 0 Å². The number of benzene rings is 2. The van der Waals surface area contributed by atoms with Crippen molar-refractivity contribution in [3.05, 3.63) is 93.7 Å². The molecule has 0 radical (unpaired) electrons. The minimum Gasteiger partial charge on any atom is -0.371 e. The molecule has 7 heteroatoms. The van der Waals surface area contributed by atoms with Crippen LogP contribution in [0.5, 0.6) is 0 Å². The van der Waals surface area contributed by atoms with Gasteiger partial charge in [0, 0.05) is 18.0 Å². The summed E-state index contributed by atoms with van der Waals surface area (Å²) in [6.07, 6.45) is -0.197. The minimum atomic E-state index is -0.327. The highest BCUT2D eigenvalue weighted by Gasteiger charge is 2.25. The molecule has 2 aromatic carbocycles. The largest absolute Gasteiger partial charge is 0.371 e. The number of morpholine rings is 1. The van der Waals surface area contributed by atoms with E-state index < -0.39 is 0 Å². The number of amides is 1. The predicted octanol–water partition coefficient (Wildman–Crippen LogP) is 4.31. The second-order valence-electron chi connectivity index (χ2n) is 7.21. The van der Waals surface area contributed by atoms with Crippen molar-refractivity contribution in [2.45, 2.75) is 12.1 Å². The number of nitrogens with zero attached hydrogens (tertiary/aromatic N) is 1. The molecule has 3 aromatic rings. The van der Waals surface area contributed by atoms with Gasteiger partial charge in [-0.25, -0.2) is 8.78 Å². The van der Waals surface area contributed by atoms with Gasteiger partial charge in [0.05, 0.1) is 25.3 Å². The monoisotopic (exact) mass is 428 g/mol. The Labute approximate surface area is 178 Å². The fourth-order valence-electron chi connectivity index (χ4n) is 3.56. The van der Waals surface area contributed by atoms with Crippen LogP contribution in [0.1, 0.15) is 28.1 Å². The summed E-state index contributed by atoms with van der Waals surface area (Å²) in [5, 5.41) is 5.03. The summed E-state index contributed by atoms with van der Waals surface area (Å²) in [6.45, 7) is 1.93. The third-order valence-corrected chi connectivity index (χ3v) is 6.03. The molecule has 2 atom stereocenters. The second-order valence-corrected chi connectivity index (χ2v) is 8.19. The van der Waals surface area contributed by atoms with E-state index in [-0.39, 0.29) is 36.2 Å². The maximum atomic E-state index is 13.3. The number of halogens is 2. The highest BCUT2D eigenvalue weighted by molar-refractivity contribution is 7.10. The fraction of sp³-hybridized carbons (Fsp3) is 0.261. The molecule has 0 aliphatic carbocycles. The average molecular weight is 429 g/mol. The summed E-state index contributed by atoms with van der Waals surface area (Å²) in [5.74, 6) is -0.709. The lowest BCUT2D eigenvalue weighted by molar-refractivity contribution is -0.124. The Kier molecular flexibility index (Phi) is 6.52. The molecule has 156 valence electrons. The first kappa shape index (κ1) is 20.7. The van der Waals surface area contributed by atoms with Gasteiger partial charge in [0.1, 0.15) is 11.6 Å². The third-order valence-electron chi connectivity index (χ3n) is 5.10. The van der Waals surface area contributed by atoms with Gasteiger partial charge in [-0.1, -0.05) is 30.3 Å². The van der Waals surface area contributed by atoms with Gasteiger partial charge in [-0.2, -0.15) is 0 Å². The van der Waals surface area contributed by atoms with Crippen molar-refractivity contribution in [1.82, 2.24) is 10.2 Å². The number of nitrogens with one attached hydrogen (secondary N) is 1. The normalized spacial score (nSPS) is 18.1. The molecule has 2 heterocycles. The molecule has 0 spiro atoms. The summed E-state index contributed by atoms with van der Waals surface area (Å²) >= 11 is 1.54. The Balaban J connectivity index is 1.41. The van der Waals surface area contributed by atoms with Gasteiger partial charge in [0.2, 0.25) is 5.91 Å². The summed E-state index contributed by atoms with van der Waals surface area (Å²) in [4.78, 5) is 15.9. The third kappa shape index (κ3) is 5.11. The van der Waals surface area contributed by atoms with Crippen molar-refractivity contribution in [3.63, 3.8) is 0 Å². The molecule has 1 aromatic heterocycles. The van der Waals surface area contributed by atoms with Crippen LogP contribution in [0, 0.1) is 11.6 Å². The van der Waals surface area contributed by atoms with Gasteiger partial charge < -0.3 is 10.1 Å². The van der Waals surface area contributed by atoms with Crippen molar-refractivity contribution >= 4 is 17.2 Å². The zero-order chi connectivity index (χ0) is 20.9. The predicted molar refractivity (Wildman–Crippen MR) is 112 cm³/mol. The molecule has 1 fully saturated rings. The zero-order valence-electron chi connectivity index (χ0n) is 16.3. The lowest BCUT2D eigenvalue weighted by atomic mass is 10.0. The highest BCUT2D eigenvalue weighted by atomic mass is 32.1. The van der Waals surface area contributed by atoms with Crippen molar-refractivity contribution in [1.29, 1.82) is 0 Å². The molecular weight excluding hydrogens is 406 g/mol. The van der Waals surface area contributed by atoms with Gasteiger partial charge in [0.15, 0.2) is 0 Å². The summed E-state index contributed by atoms with van der Waals surface area (Å²) in [7, 11) is 0. The maximum absolute atomic E-state index is 13.3. The number of hydrogen-bond donors (Lipinski definition) is 1. The van der Waals surface area contributed by atoms with Gasteiger partial charge in [-0.05, 0) is 46.8 Å². The molecule has 1 aliphatic rings. The second kappa shape index (κ2) is 9.47. The number of hydrogen-bond acceptors (Lipinski definition) is 4. The molecule has 2 unspecified atom stereocenters. The molecule has 0 bridgehead atoms. The van der Waals surface area contributed by atoms with Crippen LogP contribution in [-0.2, 0) is 9.53 Å². The van der Waals surface area contributed by atoms with E-state index in [2.05, 4.69) is 5.32 Å². The van der Waals surface area contributed by atoms with Crippen LogP contribution in [0.4, 0.5) is 8.78 Å². The summed E-state index contributed by atoms with van der Waals surface area (Å²) < 4.78 is 32.3. The maximum Gasteiger partial charge on any atom is 0.234 e. The van der Waals surface area contributed by atoms with Crippen LogP contribution >= 0.6 is 11.3 Å².